The summed E-state index contributed by atoms with van der Waals surface area (Å²) in [6, 6.07) is 23.5. The Morgan fingerprint density at radius 3 is 2.49 bits per heavy atom. The van der Waals surface area contributed by atoms with Crippen LogP contribution in [-0.2, 0) is 22.7 Å². The predicted octanol–water partition coefficient (Wildman–Crippen LogP) is 8.18. The minimum absolute atomic E-state index is 0.0798. The number of amides is 2. The predicted molar refractivity (Wildman–Crippen MR) is 178 cm³/mol. The molecule has 2 amide bonds. The molecule has 0 heterocycles. The van der Waals surface area contributed by atoms with E-state index in [1.165, 1.54) is 12.8 Å². The van der Waals surface area contributed by atoms with Gasteiger partial charge in [-0.2, -0.15) is 0 Å². The number of para-hydroxylation sites is 1. The van der Waals surface area contributed by atoms with E-state index in [9.17, 15) is 9.59 Å². The van der Waals surface area contributed by atoms with Crippen molar-refractivity contribution in [2.45, 2.75) is 84.4 Å². The van der Waals surface area contributed by atoms with Gasteiger partial charge >= 0.3 is 0 Å². The van der Waals surface area contributed by atoms with E-state index in [2.05, 4.69) is 47.6 Å². The van der Waals surface area contributed by atoms with Crippen molar-refractivity contribution in [1.29, 1.82) is 0 Å². The van der Waals surface area contributed by atoms with Gasteiger partial charge in [-0.15, -0.1) is 0 Å². The van der Waals surface area contributed by atoms with Crippen LogP contribution >= 0.6 is 12.1 Å². The first-order valence-corrected chi connectivity index (χ1v) is 16.1. The molecule has 8 heteroatoms. The largest absolute Gasteiger partial charge is 0.377 e. The van der Waals surface area contributed by atoms with E-state index in [1.807, 2.05) is 43.3 Å². The molecule has 0 unspecified atom stereocenters. The minimum Gasteiger partial charge on any atom is -0.377 e. The van der Waals surface area contributed by atoms with Crippen LogP contribution in [-0.4, -0.2) is 35.2 Å². The SMILES string of the molecule is CCCCC(=NC1(C)CCCC1)N(C=O)Cc1ccc(-c2ccccc2NSNC(=O)c2ccccc2)c(COCC)c1. The smallest absolute Gasteiger partial charge is 0.262 e. The zero-order valence-corrected chi connectivity index (χ0v) is 26.4. The number of rotatable bonds is 15. The van der Waals surface area contributed by atoms with E-state index in [4.69, 9.17) is 9.73 Å². The van der Waals surface area contributed by atoms with Gasteiger partial charge in [0, 0.05) is 24.2 Å². The normalized spacial score (nSPS) is 14.3. The summed E-state index contributed by atoms with van der Waals surface area (Å²) in [6.07, 6.45) is 8.32. The summed E-state index contributed by atoms with van der Waals surface area (Å²) >= 11 is 1.14. The van der Waals surface area contributed by atoms with Crippen LogP contribution in [0.3, 0.4) is 0 Å². The van der Waals surface area contributed by atoms with Crippen molar-refractivity contribution >= 4 is 36.0 Å². The second-order valence-electron chi connectivity index (χ2n) is 11.2. The maximum atomic E-state index is 12.5. The van der Waals surface area contributed by atoms with Gasteiger partial charge in [0.1, 0.15) is 5.84 Å². The van der Waals surface area contributed by atoms with Gasteiger partial charge in [0.15, 0.2) is 0 Å². The first-order valence-electron chi connectivity index (χ1n) is 15.3. The Labute approximate surface area is 260 Å². The summed E-state index contributed by atoms with van der Waals surface area (Å²) in [5.41, 5.74) is 5.49. The van der Waals surface area contributed by atoms with Crippen molar-refractivity contribution in [2.24, 2.45) is 4.99 Å². The highest BCUT2D eigenvalue weighted by atomic mass is 32.2. The van der Waals surface area contributed by atoms with Crippen molar-refractivity contribution in [2.75, 3.05) is 11.3 Å². The third-order valence-corrected chi connectivity index (χ3v) is 8.44. The highest BCUT2D eigenvalue weighted by molar-refractivity contribution is 7.99. The number of ether oxygens (including phenoxy) is 1. The lowest BCUT2D eigenvalue weighted by Crippen LogP contribution is -2.32. The zero-order chi connectivity index (χ0) is 30.5. The van der Waals surface area contributed by atoms with Crippen LogP contribution in [0, 0.1) is 0 Å². The average Bonchev–Trinajstić information content (AvgIpc) is 3.47. The third-order valence-electron chi connectivity index (χ3n) is 7.83. The minimum atomic E-state index is -0.166. The molecule has 1 saturated carbocycles. The molecule has 0 atom stereocenters. The molecule has 1 fully saturated rings. The van der Waals surface area contributed by atoms with Crippen LogP contribution in [0.1, 0.15) is 87.2 Å². The van der Waals surface area contributed by atoms with E-state index < -0.39 is 0 Å². The standard InChI is InChI=1S/C35H44N4O3S/c1-4-6-18-33(36-35(3)21-12-13-22-35)39(26-40)24-27-19-20-30(29(23-27)25-42-5-2)31-16-10-11-17-32(31)37-43-38-34(41)28-14-8-7-9-15-28/h7-11,14-17,19-20,23,26,37H,4-6,12-13,18,21-22,24-25H2,1-3H3,(H,38,41). The second kappa shape index (κ2) is 16.3. The van der Waals surface area contributed by atoms with E-state index in [-0.39, 0.29) is 11.4 Å². The lowest BCUT2D eigenvalue weighted by atomic mass is 9.96. The molecule has 0 spiro atoms. The fraction of sp³-hybridized carbons (Fsp3) is 0.400. The van der Waals surface area contributed by atoms with Gasteiger partial charge < -0.3 is 9.46 Å². The molecule has 1 aliphatic carbocycles. The molecule has 0 aliphatic heterocycles. The Hall–Kier alpha value is -3.62. The molecule has 2 N–H and O–H groups in total. The van der Waals surface area contributed by atoms with E-state index >= 15 is 0 Å². The van der Waals surface area contributed by atoms with Gasteiger partial charge in [0.05, 0.1) is 36.5 Å². The fourth-order valence-electron chi connectivity index (χ4n) is 5.47. The lowest BCUT2D eigenvalue weighted by molar-refractivity contribution is -0.115. The highest BCUT2D eigenvalue weighted by Crippen LogP contribution is 2.35. The first-order chi connectivity index (χ1) is 21.0. The molecule has 7 nitrogen and oxygen atoms in total. The van der Waals surface area contributed by atoms with E-state index in [0.29, 0.717) is 25.3 Å². The Balaban J connectivity index is 1.56. The van der Waals surface area contributed by atoms with Crippen LogP contribution in [0.4, 0.5) is 5.69 Å². The molecule has 0 saturated heterocycles. The summed E-state index contributed by atoms with van der Waals surface area (Å²) < 4.78 is 12.0. The van der Waals surface area contributed by atoms with Crippen LogP contribution in [0.15, 0.2) is 77.8 Å². The molecule has 0 aromatic heterocycles. The van der Waals surface area contributed by atoms with Crippen molar-refractivity contribution in [3.8, 4) is 11.1 Å². The van der Waals surface area contributed by atoms with Gasteiger partial charge in [0.2, 0.25) is 6.41 Å². The summed E-state index contributed by atoms with van der Waals surface area (Å²) in [4.78, 5) is 31.9. The number of amidine groups is 1. The Morgan fingerprint density at radius 2 is 1.77 bits per heavy atom. The van der Waals surface area contributed by atoms with Gasteiger partial charge in [-0.3, -0.25) is 24.2 Å². The zero-order valence-electron chi connectivity index (χ0n) is 25.6. The Bertz CT molecular complexity index is 1370. The number of nitrogens with zero attached hydrogens (tertiary/aromatic N) is 2. The number of hydrogen-bond donors (Lipinski definition) is 2. The number of carbonyl (C=O) groups is 2. The molecule has 0 bridgehead atoms. The number of anilines is 1. The number of aliphatic imine (C=N–C) groups is 1. The highest BCUT2D eigenvalue weighted by Gasteiger charge is 2.29. The Kier molecular flexibility index (Phi) is 12.2. The van der Waals surface area contributed by atoms with Crippen molar-refractivity contribution in [3.05, 3.63) is 89.5 Å². The maximum absolute atomic E-state index is 12.5. The molecular weight excluding hydrogens is 556 g/mol. The third kappa shape index (κ3) is 9.18. The lowest BCUT2D eigenvalue weighted by Gasteiger charge is -2.26. The fourth-order valence-corrected chi connectivity index (χ4v) is 6.02. The summed E-state index contributed by atoms with van der Waals surface area (Å²) in [7, 11) is 0. The van der Waals surface area contributed by atoms with Crippen LogP contribution in [0.25, 0.3) is 11.1 Å². The van der Waals surface area contributed by atoms with Gasteiger partial charge in [-0.1, -0.05) is 80.8 Å². The molecule has 4 rings (SSSR count). The van der Waals surface area contributed by atoms with Crippen LogP contribution in [0.2, 0.25) is 0 Å². The average molecular weight is 601 g/mol. The van der Waals surface area contributed by atoms with Crippen molar-refractivity contribution in [1.82, 2.24) is 9.62 Å². The monoisotopic (exact) mass is 600 g/mol. The molecular formula is C35H44N4O3S. The number of hydrogen-bond acceptors (Lipinski definition) is 6. The molecule has 0 radical (unpaired) electrons. The molecule has 43 heavy (non-hydrogen) atoms. The number of benzene rings is 3. The number of unbranched alkanes of at least 4 members (excludes halogenated alkanes) is 1. The quantitative estimate of drug-likeness (QED) is 0.0796. The second-order valence-corrected chi connectivity index (χ2v) is 11.9. The molecule has 1 aliphatic rings. The number of carbonyl (C=O) groups excluding carboxylic acids is 2. The van der Waals surface area contributed by atoms with Crippen molar-refractivity contribution < 1.29 is 14.3 Å². The Morgan fingerprint density at radius 1 is 1.02 bits per heavy atom. The first kappa shape index (κ1) is 32.3. The van der Waals surface area contributed by atoms with E-state index in [0.717, 1.165) is 84.4 Å². The molecule has 3 aromatic carbocycles. The summed E-state index contributed by atoms with van der Waals surface area (Å²) in [5.74, 6) is 0.723. The summed E-state index contributed by atoms with van der Waals surface area (Å²) in [6.45, 7) is 7.88. The molecule has 228 valence electrons. The topological polar surface area (TPSA) is 83.0 Å². The number of nitrogens with one attached hydrogen (secondary N) is 2. The van der Waals surface area contributed by atoms with Gasteiger partial charge in [-0.25, -0.2) is 0 Å². The summed E-state index contributed by atoms with van der Waals surface area (Å²) in [5, 5.41) is 0. The van der Waals surface area contributed by atoms with Crippen molar-refractivity contribution in [3.63, 3.8) is 0 Å². The van der Waals surface area contributed by atoms with Gasteiger partial charge in [0.25, 0.3) is 5.91 Å². The molecule has 3 aromatic rings. The van der Waals surface area contributed by atoms with Crippen LogP contribution < -0.4 is 9.44 Å². The maximum Gasteiger partial charge on any atom is 0.262 e. The van der Waals surface area contributed by atoms with E-state index in [1.54, 1.807) is 17.0 Å². The van der Waals surface area contributed by atoms with Crippen LogP contribution in [0.5, 0.6) is 0 Å². The van der Waals surface area contributed by atoms with Gasteiger partial charge in [-0.05, 0) is 68.0 Å².